The molecule has 0 bridgehead atoms. The van der Waals surface area contributed by atoms with Gasteiger partial charge in [0.05, 0.1) is 6.10 Å². The highest BCUT2D eigenvalue weighted by Crippen LogP contribution is 2.28. The van der Waals surface area contributed by atoms with Crippen molar-refractivity contribution in [3.8, 4) is 0 Å². The van der Waals surface area contributed by atoms with E-state index in [4.69, 9.17) is 0 Å². The molecule has 1 N–H and O–H groups in total. The third-order valence-electron chi connectivity index (χ3n) is 4.11. The molecule has 21 heavy (non-hydrogen) atoms. The van der Waals surface area contributed by atoms with Gasteiger partial charge in [-0.25, -0.2) is 4.39 Å². The summed E-state index contributed by atoms with van der Waals surface area (Å²) in [4.78, 5) is 2.32. The predicted octanol–water partition coefficient (Wildman–Crippen LogP) is 3.70. The summed E-state index contributed by atoms with van der Waals surface area (Å²) in [5, 5.41) is 10.2. The van der Waals surface area contributed by atoms with Gasteiger partial charge in [0.2, 0.25) is 0 Å². The smallest absolute Gasteiger partial charge is 0.123 e. The highest BCUT2D eigenvalue weighted by atomic mass is 19.1. The Morgan fingerprint density at radius 1 is 1.14 bits per heavy atom. The lowest BCUT2D eigenvalue weighted by atomic mass is 10.0. The van der Waals surface area contributed by atoms with Crippen LogP contribution in [0.5, 0.6) is 0 Å². The second-order valence-electron chi connectivity index (χ2n) is 5.58. The number of nitrogens with zero attached hydrogens (tertiary/aromatic N) is 1. The van der Waals surface area contributed by atoms with Crippen LogP contribution in [0, 0.1) is 5.82 Å². The summed E-state index contributed by atoms with van der Waals surface area (Å²) in [6, 6.07) is 14.7. The summed E-state index contributed by atoms with van der Waals surface area (Å²) in [6.07, 6.45) is 2.26. The summed E-state index contributed by atoms with van der Waals surface area (Å²) in [5.41, 5.74) is 3.31. The summed E-state index contributed by atoms with van der Waals surface area (Å²) in [7, 11) is 0. The summed E-state index contributed by atoms with van der Waals surface area (Å²) >= 11 is 0. The van der Waals surface area contributed by atoms with Gasteiger partial charge in [-0.3, -0.25) is 0 Å². The van der Waals surface area contributed by atoms with Gasteiger partial charge >= 0.3 is 0 Å². The number of anilines is 1. The Morgan fingerprint density at radius 3 is 2.86 bits per heavy atom. The van der Waals surface area contributed by atoms with Gasteiger partial charge in [-0.1, -0.05) is 30.3 Å². The molecule has 0 aromatic heterocycles. The summed E-state index contributed by atoms with van der Waals surface area (Å²) < 4.78 is 13.2. The van der Waals surface area contributed by atoms with Crippen LogP contribution >= 0.6 is 0 Å². The lowest BCUT2D eigenvalue weighted by Crippen LogP contribution is -2.31. The maximum atomic E-state index is 13.2. The largest absolute Gasteiger partial charge is 0.388 e. The predicted molar refractivity (Wildman–Crippen MR) is 83.0 cm³/mol. The minimum absolute atomic E-state index is 0.296. The van der Waals surface area contributed by atoms with Crippen LogP contribution in [0.2, 0.25) is 0 Å². The Labute approximate surface area is 124 Å². The van der Waals surface area contributed by atoms with Gasteiger partial charge in [0, 0.05) is 18.8 Å². The van der Waals surface area contributed by atoms with Gasteiger partial charge in [0.25, 0.3) is 0 Å². The second-order valence-corrected chi connectivity index (χ2v) is 5.58. The van der Waals surface area contributed by atoms with Crippen LogP contribution in [0.4, 0.5) is 10.1 Å². The number of aliphatic hydroxyl groups excluding tert-OH is 1. The van der Waals surface area contributed by atoms with Crippen molar-refractivity contribution in [2.45, 2.75) is 25.4 Å². The van der Waals surface area contributed by atoms with E-state index in [2.05, 4.69) is 29.2 Å². The van der Waals surface area contributed by atoms with Crippen molar-refractivity contribution in [2.24, 2.45) is 0 Å². The van der Waals surface area contributed by atoms with E-state index in [0.29, 0.717) is 12.0 Å². The van der Waals surface area contributed by atoms with Crippen molar-refractivity contribution < 1.29 is 9.50 Å². The van der Waals surface area contributed by atoms with Crippen molar-refractivity contribution >= 4 is 5.69 Å². The van der Waals surface area contributed by atoms with E-state index in [1.54, 1.807) is 12.1 Å². The van der Waals surface area contributed by atoms with Crippen molar-refractivity contribution in [1.29, 1.82) is 0 Å². The van der Waals surface area contributed by atoms with Crippen molar-refractivity contribution in [3.63, 3.8) is 0 Å². The number of rotatable bonds is 4. The molecule has 0 aliphatic carbocycles. The molecule has 2 nitrogen and oxygen atoms in total. The topological polar surface area (TPSA) is 23.5 Å². The van der Waals surface area contributed by atoms with Crippen molar-refractivity contribution in [1.82, 2.24) is 0 Å². The highest BCUT2D eigenvalue weighted by Gasteiger charge is 2.17. The molecule has 1 aliphatic rings. The van der Waals surface area contributed by atoms with Gasteiger partial charge < -0.3 is 10.0 Å². The molecule has 3 heteroatoms. The molecule has 1 unspecified atom stereocenters. The van der Waals surface area contributed by atoms with Crippen LogP contribution in [-0.4, -0.2) is 18.2 Å². The maximum Gasteiger partial charge on any atom is 0.123 e. The number of aliphatic hydroxyl groups is 1. The van der Waals surface area contributed by atoms with Gasteiger partial charge in [-0.15, -0.1) is 0 Å². The molecule has 0 saturated heterocycles. The molecule has 0 spiro atoms. The molecule has 2 aromatic carbocycles. The molecule has 2 aromatic rings. The first-order valence-electron chi connectivity index (χ1n) is 7.50. The monoisotopic (exact) mass is 285 g/mol. The van der Waals surface area contributed by atoms with Crippen LogP contribution in [0.3, 0.4) is 0 Å². The highest BCUT2D eigenvalue weighted by molar-refractivity contribution is 5.55. The molecule has 110 valence electrons. The van der Waals surface area contributed by atoms with E-state index in [1.807, 2.05) is 0 Å². The number of halogens is 1. The molecule has 0 amide bonds. The van der Waals surface area contributed by atoms with E-state index < -0.39 is 6.10 Å². The van der Waals surface area contributed by atoms with E-state index >= 15 is 0 Å². The molecule has 1 aliphatic heterocycles. The number of hydrogen-bond acceptors (Lipinski definition) is 2. The van der Waals surface area contributed by atoms with Crippen LogP contribution in [-0.2, 0) is 6.42 Å². The lowest BCUT2D eigenvalue weighted by molar-refractivity contribution is 0.169. The first-order valence-corrected chi connectivity index (χ1v) is 7.50. The lowest BCUT2D eigenvalue weighted by Gasteiger charge is -2.32. The Kier molecular flexibility index (Phi) is 4.20. The fourth-order valence-corrected chi connectivity index (χ4v) is 3.00. The minimum Gasteiger partial charge on any atom is -0.388 e. The van der Waals surface area contributed by atoms with Gasteiger partial charge in [-0.2, -0.15) is 0 Å². The normalized spacial score (nSPS) is 15.6. The van der Waals surface area contributed by atoms with E-state index in [-0.39, 0.29) is 5.82 Å². The second kappa shape index (κ2) is 6.27. The first kappa shape index (κ1) is 14.1. The summed E-state index contributed by atoms with van der Waals surface area (Å²) in [6.45, 7) is 1.81. The number of aryl methyl sites for hydroxylation is 1. The Balaban J connectivity index is 1.66. The van der Waals surface area contributed by atoms with Gasteiger partial charge in [-0.05, 0) is 48.6 Å². The fraction of sp³-hybridized carbons (Fsp3) is 0.333. The van der Waals surface area contributed by atoms with Crippen LogP contribution < -0.4 is 4.90 Å². The fourth-order valence-electron chi connectivity index (χ4n) is 3.00. The van der Waals surface area contributed by atoms with Crippen LogP contribution in [0.1, 0.15) is 30.1 Å². The third kappa shape index (κ3) is 3.24. The number of para-hydroxylation sites is 1. The number of benzene rings is 2. The zero-order chi connectivity index (χ0) is 14.7. The molecule has 0 saturated carbocycles. The van der Waals surface area contributed by atoms with E-state index in [1.165, 1.54) is 23.4 Å². The average molecular weight is 285 g/mol. The van der Waals surface area contributed by atoms with Gasteiger partial charge in [0.15, 0.2) is 0 Å². The van der Waals surface area contributed by atoms with Crippen LogP contribution in [0.15, 0.2) is 48.5 Å². The Bertz CT molecular complexity index is 614. The zero-order valence-electron chi connectivity index (χ0n) is 12.0. The molecule has 1 atom stereocenters. The van der Waals surface area contributed by atoms with Crippen molar-refractivity contribution in [3.05, 3.63) is 65.5 Å². The standard InChI is InChI=1S/C18H20FNO/c19-16-8-3-6-15(13-16)18(21)10-12-20-11-4-7-14-5-1-2-9-17(14)20/h1-3,5-6,8-9,13,18,21H,4,7,10-12H2. The minimum atomic E-state index is -0.616. The molecular formula is C18H20FNO. The third-order valence-corrected chi connectivity index (χ3v) is 4.11. The van der Waals surface area contributed by atoms with Crippen molar-refractivity contribution in [2.75, 3.05) is 18.0 Å². The zero-order valence-corrected chi connectivity index (χ0v) is 12.0. The number of hydrogen-bond donors (Lipinski definition) is 1. The van der Waals surface area contributed by atoms with Crippen LogP contribution in [0.25, 0.3) is 0 Å². The molecule has 1 heterocycles. The SMILES string of the molecule is OC(CCN1CCCc2ccccc21)c1cccc(F)c1. The Hall–Kier alpha value is -1.87. The maximum absolute atomic E-state index is 13.2. The van der Waals surface area contributed by atoms with E-state index in [9.17, 15) is 9.50 Å². The average Bonchev–Trinajstić information content (AvgIpc) is 2.52. The quantitative estimate of drug-likeness (QED) is 0.926. The molecular weight excluding hydrogens is 265 g/mol. The Morgan fingerprint density at radius 2 is 2.00 bits per heavy atom. The number of fused-ring (bicyclic) bond motifs is 1. The molecule has 0 fully saturated rings. The first-order chi connectivity index (χ1) is 10.2. The van der Waals surface area contributed by atoms with Gasteiger partial charge in [0.1, 0.15) is 5.82 Å². The summed E-state index contributed by atoms with van der Waals surface area (Å²) in [5.74, 6) is -0.296. The molecule has 0 radical (unpaired) electrons. The molecule has 3 rings (SSSR count). The van der Waals surface area contributed by atoms with E-state index in [0.717, 1.165) is 25.9 Å².